The molecule has 182 valence electrons. The number of nitrogens with one attached hydrogen (secondary N) is 1. The zero-order chi connectivity index (χ0) is 25.4. The zero-order valence-corrected chi connectivity index (χ0v) is 20.0. The Hall–Kier alpha value is -3.74. The molecule has 3 aromatic rings. The molecule has 0 aliphatic carbocycles. The number of halogens is 3. The fourth-order valence-electron chi connectivity index (χ4n) is 3.61. The number of carbonyl (C=O) groups excluding carboxylic acids is 1. The number of hydrogen-bond acceptors (Lipinski definition) is 4. The van der Waals surface area contributed by atoms with Gasteiger partial charge in [-0.15, -0.1) is 0 Å². The molecule has 0 bridgehead atoms. The highest BCUT2D eigenvalue weighted by atomic mass is 19.4. The first-order chi connectivity index (χ1) is 16.7. The fourth-order valence-corrected chi connectivity index (χ4v) is 3.61. The molecule has 0 aliphatic heterocycles. The van der Waals surface area contributed by atoms with E-state index in [9.17, 15) is 18.0 Å². The van der Waals surface area contributed by atoms with Crippen LogP contribution in [0, 0.1) is 13.8 Å². The van der Waals surface area contributed by atoms with Crippen molar-refractivity contribution in [3.63, 3.8) is 0 Å². The van der Waals surface area contributed by atoms with Gasteiger partial charge < -0.3 is 0 Å². The van der Waals surface area contributed by atoms with Gasteiger partial charge in [0.15, 0.2) is 5.78 Å². The van der Waals surface area contributed by atoms with Crippen LogP contribution in [0.2, 0.25) is 0 Å². The summed E-state index contributed by atoms with van der Waals surface area (Å²) in [5, 5.41) is 4.35. The van der Waals surface area contributed by atoms with Crippen LogP contribution in [0.4, 0.5) is 18.9 Å². The average Bonchev–Trinajstić information content (AvgIpc) is 2.82. The number of rotatable bonds is 9. The van der Waals surface area contributed by atoms with Gasteiger partial charge in [0.05, 0.1) is 23.5 Å². The zero-order valence-electron chi connectivity index (χ0n) is 20.0. The van der Waals surface area contributed by atoms with Crippen molar-refractivity contribution in [2.24, 2.45) is 10.1 Å². The van der Waals surface area contributed by atoms with Crippen LogP contribution in [0.5, 0.6) is 0 Å². The van der Waals surface area contributed by atoms with E-state index in [1.807, 2.05) is 63.2 Å². The molecule has 0 heterocycles. The maximum atomic E-state index is 12.8. The summed E-state index contributed by atoms with van der Waals surface area (Å²) in [7, 11) is 0. The van der Waals surface area contributed by atoms with Crippen LogP contribution in [0.1, 0.15) is 46.7 Å². The van der Waals surface area contributed by atoms with Crippen LogP contribution in [-0.4, -0.2) is 24.3 Å². The smallest absolute Gasteiger partial charge is 0.297 e. The molecule has 0 aliphatic rings. The monoisotopic (exact) mass is 479 g/mol. The van der Waals surface area contributed by atoms with Crippen LogP contribution in [-0.2, 0) is 17.4 Å². The molecule has 0 unspecified atom stereocenters. The van der Waals surface area contributed by atoms with Gasteiger partial charge in [-0.1, -0.05) is 49.4 Å². The molecule has 35 heavy (non-hydrogen) atoms. The van der Waals surface area contributed by atoms with Crippen molar-refractivity contribution in [2.75, 3.05) is 12.0 Å². The average molecular weight is 480 g/mol. The van der Waals surface area contributed by atoms with Crippen molar-refractivity contribution < 1.29 is 18.0 Å². The summed E-state index contributed by atoms with van der Waals surface area (Å²) in [5.74, 6) is 0.0571. The molecule has 0 atom stereocenters. The van der Waals surface area contributed by atoms with Crippen LogP contribution in [0.15, 0.2) is 76.8 Å². The Labute approximate surface area is 203 Å². The van der Waals surface area contributed by atoms with E-state index in [0.29, 0.717) is 24.1 Å². The normalized spacial score (nSPS) is 12.2. The van der Waals surface area contributed by atoms with Crippen LogP contribution in [0.3, 0.4) is 0 Å². The Bertz CT molecular complexity index is 1190. The van der Waals surface area contributed by atoms with Crippen molar-refractivity contribution >= 4 is 23.4 Å². The van der Waals surface area contributed by atoms with Crippen LogP contribution < -0.4 is 5.43 Å². The number of carbonyl (C=O) groups is 1. The number of Topliss-reactive ketones (excluding diaryl/α,β-unsaturated/α-hetero) is 1. The molecule has 0 saturated heterocycles. The van der Waals surface area contributed by atoms with E-state index in [2.05, 4.69) is 15.5 Å². The molecule has 0 aromatic heterocycles. The van der Waals surface area contributed by atoms with Gasteiger partial charge in [0.2, 0.25) is 0 Å². The number of hydrogen-bond donors (Lipinski definition) is 1. The van der Waals surface area contributed by atoms with Crippen molar-refractivity contribution in [2.45, 2.75) is 39.8 Å². The maximum Gasteiger partial charge on any atom is 0.416 e. The first kappa shape index (κ1) is 25.9. The fraction of sp³-hybridized carbons (Fsp3) is 0.250. The largest absolute Gasteiger partial charge is 0.416 e. The minimum atomic E-state index is -4.36. The second-order valence-corrected chi connectivity index (χ2v) is 8.28. The number of ketones is 1. The van der Waals surface area contributed by atoms with Gasteiger partial charge >= 0.3 is 6.18 Å². The van der Waals surface area contributed by atoms with Crippen LogP contribution >= 0.6 is 0 Å². The van der Waals surface area contributed by atoms with Gasteiger partial charge in [0.25, 0.3) is 0 Å². The lowest BCUT2D eigenvalue weighted by molar-refractivity contribution is -0.137. The first-order valence-corrected chi connectivity index (χ1v) is 11.3. The molecule has 7 heteroatoms. The first-order valence-electron chi connectivity index (χ1n) is 11.3. The Morgan fingerprint density at radius 1 is 0.943 bits per heavy atom. The lowest BCUT2D eigenvalue weighted by Crippen LogP contribution is -2.09. The number of benzene rings is 3. The highest BCUT2D eigenvalue weighted by Gasteiger charge is 2.30. The third kappa shape index (κ3) is 7.37. The predicted octanol–water partition coefficient (Wildman–Crippen LogP) is 6.78. The minimum absolute atomic E-state index is 0.0571. The molecular weight excluding hydrogens is 451 g/mol. The van der Waals surface area contributed by atoms with Gasteiger partial charge in [0, 0.05) is 12.6 Å². The Kier molecular flexibility index (Phi) is 8.58. The van der Waals surface area contributed by atoms with Crippen molar-refractivity contribution in [1.29, 1.82) is 0 Å². The second-order valence-electron chi connectivity index (χ2n) is 8.28. The highest BCUT2D eigenvalue weighted by molar-refractivity contribution is 6.00. The van der Waals surface area contributed by atoms with E-state index >= 15 is 0 Å². The molecule has 0 fully saturated rings. The lowest BCUT2D eigenvalue weighted by Gasteiger charge is -2.09. The summed E-state index contributed by atoms with van der Waals surface area (Å²) in [6.07, 6.45) is -1.78. The SMILES string of the molecule is CC/C(=N\Nc1ccc(C=NCC(=O)Cc2c(C)cccc2C)cc1)c1ccc(C(F)(F)F)cc1. The summed E-state index contributed by atoms with van der Waals surface area (Å²) >= 11 is 0. The van der Waals surface area contributed by atoms with E-state index in [-0.39, 0.29) is 12.3 Å². The Morgan fingerprint density at radius 3 is 2.14 bits per heavy atom. The van der Waals surface area contributed by atoms with Crippen LogP contribution in [0.25, 0.3) is 0 Å². The molecule has 1 N–H and O–H groups in total. The molecule has 0 saturated carbocycles. The lowest BCUT2D eigenvalue weighted by atomic mass is 9.98. The standard InChI is InChI=1S/C28H28F3N3O/c1-4-27(22-10-12-23(13-11-22)28(29,30)31)34-33-24-14-8-21(9-15-24)17-32-18-25(35)16-26-19(2)6-5-7-20(26)3/h5-15,17,33H,4,16,18H2,1-3H3/b32-17?,34-27+. The summed E-state index contributed by atoms with van der Waals surface area (Å²) in [6.45, 7) is 6.02. The number of hydrazone groups is 1. The van der Waals surface area contributed by atoms with Crippen molar-refractivity contribution in [3.05, 3.63) is 100 Å². The molecule has 0 spiro atoms. The van der Waals surface area contributed by atoms with Gasteiger partial charge in [-0.25, -0.2) is 0 Å². The number of nitrogens with zero attached hydrogens (tertiary/aromatic N) is 2. The number of alkyl halides is 3. The van der Waals surface area contributed by atoms with Gasteiger partial charge in [0.1, 0.15) is 0 Å². The van der Waals surface area contributed by atoms with E-state index in [0.717, 1.165) is 40.1 Å². The van der Waals surface area contributed by atoms with Crippen molar-refractivity contribution in [1.82, 2.24) is 0 Å². The van der Waals surface area contributed by atoms with E-state index < -0.39 is 11.7 Å². The van der Waals surface area contributed by atoms with E-state index in [4.69, 9.17) is 0 Å². The molecule has 3 aromatic carbocycles. The van der Waals surface area contributed by atoms with Gasteiger partial charge in [-0.3, -0.25) is 15.2 Å². The molecule has 0 amide bonds. The van der Waals surface area contributed by atoms with E-state index in [1.54, 1.807) is 6.21 Å². The number of aryl methyl sites for hydroxylation is 2. The topological polar surface area (TPSA) is 53.8 Å². The number of anilines is 1. The van der Waals surface area contributed by atoms with Crippen molar-refractivity contribution in [3.8, 4) is 0 Å². The Balaban J connectivity index is 1.56. The quantitative estimate of drug-likeness (QED) is 0.272. The molecule has 0 radical (unpaired) electrons. The summed E-state index contributed by atoms with van der Waals surface area (Å²) in [6, 6.07) is 18.3. The summed E-state index contributed by atoms with van der Waals surface area (Å²) in [5.41, 5.74) is 8.38. The minimum Gasteiger partial charge on any atom is -0.297 e. The maximum absolute atomic E-state index is 12.8. The number of aliphatic imine (C=N–C) groups is 1. The summed E-state index contributed by atoms with van der Waals surface area (Å²) < 4.78 is 38.3. The van der Waals surface area contributed by atoms with Gasteiger partial charge in [-0.05, 0) is 72.4 Å². The molecule has 4 nitrogen and oxygen atoms in total. The third-order valence-corrected chi connectivity index (χ3v) is 5.64. The van der Waals surface area contributed by atoms with E-state index in [1.165, 1.54) is 12.1 Å². The van der Waals surface area contributed by atoms with Gasteiger partial charge in [-0.2, -0.15) is 18.3 Å². The molecular formula is C28H28F3N3O. The second kappa shape index (κ2) is 11.6. The predicted molar refractivity (Wildman–Crippen MR) is 135 cm³/mol. The Morgan fingerprint density at radius 2 is 1.57 bits per heavy atom. The molecule has 3 rings (SSSR count). The summed E-state index contributed by atoms with van der Waals surface area (Å²) in [4.78, 5) is 16.6. The highest BCUT2D eigenvalue weighted by Crippen LogP contribution is 2.29. The third-order valence-electron chi connectivity index (χ3n) is 5.64.